The molecule has 0 atom stereocenters. The van der Waals surface area contributed by atoms with Crippen LogP contribution in [-0.4, -0.2) is 15.3 Å². The van der Waals surface area contributed by atoms with E-state index in [0.717, 1.165) is 9.98 Å². The number of thiophene rings is 1. The number of hydrogen-bond donors (Lipinski definition) is 0. The Hall–Kier alpha value is -0.840. The Morgan fingerprint density at radius 3 is 2.52 bits per heavy atom. The number of pyridine rings is 1. The molecule has 0 amide bonds. The van der Waals surface area contributed by atoms with Gasteiger partial charge in [0, 0.05) is 11.8 Å². The highest BCUT2D eigenvalue weighted by Gasteiger charge is 2.19. The molecule has 0 saturated carbocycles. The Morgan fingerprint density at radius 2 is 2.00 bits per heavy atom. The summed E-state index contributed by atoms with van der Waals surface area (Å²) in [7, 11) is 0. The summed E-state index contributed by atoms with van der Waals surface area (Å²) in [6, 6.07) is 1.67. The zero-order valence-corrected chi connectivity index (χ0v) is 15.6. The summed E-state index contributed by atoms with van der Waals surface area (Å²) < 4.78 is 2.82. The second-order valence-electron chi connectivity index (χ2n) is 3.91. The molecular weight excluding hydrogens is 496 g/mol. The summed E-state index contributed by atoms with van der Waals surface area (Å²) in [6.07, 6.45) is 2.41. The Bertz CT molecular complexity index is 799. The fourth-order valence-electron chi connectivity index (χ4n) is 1.58. The van der Waals surface area contributed by atoms with Crippen LogP contribution in [0.1, 0.15) is 10.4 Å². The van der Waals surface area contributed by atoms with E-state index in [1.54, 1.807) is 6.07 Å². The molecule has 2 aromatic rings. The number of carbonyl (C=O) groups excluding carboxylic acids is 1. The quantitative estimate of drug-likeness (QED) is 0.361. The SMILES string of the molecule is O=C(Cn1cc(Br)c(=O)c([N+](=O)[O-])c1)c1cc(Br)sc1Br. The summed E-state index contributed by atoms with van der Waals surface area (Å²) in [6.45, 7) is -0.110. The van der Waals surface area contributed by atoms with E-state index in [1.807, 2.05) is 0 Å². The second-order valence-corrected chi connectivity index (χ2v) is 8.51. The topological polar surface area (TPSA) is 82.2 Å². The highest BCUT2D eigenvalue weighted by atomic mass is 79.9. The first kappa shape index (κ1) is 16.5. The third-order valence-corrected chi connectivity index (χ3v) is 5.40. The zero-order valence-electron chi connectivity index (χ0n) is 10.0. The van der Waals surface area contributed by atoms with Gasteiger partial charge in [-0.3, -0.25) is 19.7 Å². The van der Waals surface area contributed by atoms with E-state index >= 15 is 0 Å². The molecule has 10 heteroatoms. The van der Waals surface area contributed by atoms with Crippen LogP contribution in [0.2, 0.25) is 0 Å². The van der Waals surface area contributed by atoms with Gasteiger partial charge in [0.15, 0.2) is 5.78 Å². The maximum atomic E-state index is 12.2. The van der Waals surface area contributed by atoms with Gasteiger partial charge in [0.25, 0.3) is 5.43 Å². The van der Waals surface area contributed by atoms with Gasteiger partial charge in [-0.15, -0.1) is 11.3 Å². The van der Waals surface area contributed by atoms with Crippen LogP contribution in [0, 0.1) is 10.1 Å². The first-order chi connectivity index (χ1) is 9.79. The van der Waals surface area contributed by atoms with Gasteiger partial charge in [0.05, 0.1) is 29.7 Å². The van der Waals surface area contributed by atoms with E-state index in [2.05, 4.69) is 47.8 Å². The summed E-state index contributed by atoms with van der Waals surface area (Å²) in [5, 5.41) is 10.8. The lowest BCUT2D eigenvalue weighted by molar-refractivity contribution is -0.386. The maximum absolute atomic E-state index is 12.2. The van der Waals surface area contributed by atoms with Crippen LogP contribution < -0.4 is 5.43 Å². The molecule has 0 fully saturated rings. The van der Waals surface area contributed by atoms with Crippen molar-refractivity contribution >= 4 is 70.6 Å². The van der Waals surface area contributed by atoms with Crippen molar-refractivity contribution in [3.8, 4) is 0 Å². The first-order valence-corrected chi connectivity index (χ1v) is 8.51. The van der Waals surface area contributed by atoms with Crippen LogP contribution in [0.25, 0.3) is 0 Å². The summed E-state index contributed by atoms with van der Waals surface area (Å²) in [4.78, 5) is 33.8. The zero-order chi connectivity index (χ0) is 15.7. The molecule has 0 spiro atoms. The number of halogens is 3. The van der Waals surface area contributed by atoms with Crippen LogP contribution in [0.3, 0.4) is 0 Å². The number of hydrogen-bond acceptors (Lipinski definition) is 5. The van der Waals surface area contributed by atoms with Crippen molar-refractivity contribution in [2.45, 2.75) is 6.54 Å². The molecule has 0 N–H and O–H groups in total. The number of carbonyl (C=O) groups is 1. The number of Topliss-reactive ketones (excluding diaryl/α,β-unsaturated/α-hetero) is 1. The van der Waals surface area contributed by atoms with Crippen molar-refractivity contribution in [1.29, 1.82) is 0 Å². The van der Waals surface area contributed by atoms with Crippen molar-refractivity contribution in [3.05, 3.63) is 56.4 Å². The second kappa shape index (κ2) is 6.51. The molecule has 0 aliphatic carbocycles. The first-order valence-electron chi connectivity index (χ1n) is 5.31. The van der Waals surface area contributed by atoms with Gasteiger partial charge in [-0.25, -0.2) is 0 Å². The Labute approximate surface area is 147 Å². The van der Waals surface area contributed by atoms with Gasteiger partial charge >= 0.3 is 5.69 Å². The molecule has 0 aliphatic rings. The average molecular weight is 501 g/mol. The van der Waals surface area contributed by atoms with Crippen molar-refractivity contribution in [2.75, 3.05) is 0 Å². The van der Waals surface area contributed by atoms with Gasteiger partial charge in [-0.2, -0.15) is 0 Å². The van der Waals surface area contributed by atoms with Gasteiger partial charge in [0.1, 0.15) is 0 Å². The van der Waals surface area contributed by atoms with E-state index in [9.17, 15) is 19.7 Å². The lowest BCUT2D eigenvalue weighted by atomic mass is 10.2. The van der Waals surface area contributed by atoms with E-state index in [0.29, 0.717) is 9.35 Å². The molecule has 6 nitrogen and oxygen atoms in total. The van der Waals surface area contributed by atoms with Crippen LogP contribution in [-0.2, 0) is 6.54 Å². The van der Waals surface area contributed by atoms with Crippen LogP contribution in [0.5, 0.6) is 0 Å². The van der Waals surface area contributed by atoms with Gasteiger partial charge in [-0.1, -0.05) is 0 Å². The van der Waals surface area contributed by atoms with E-state index < -0.39 is 16.0 Å². The van der Waals surface area contributed by atoms with Gasteiger partial charge in [-0.05, 0) is 53.9 Å². The van der Waals surface area contributed by atoms with Crippen molar-refractivity contribution in [1.82, 2.24) is 4.57 Å². The third-order valence-electron chi connectivity index (χ3n) is 2.50. The summed E-state index contributed by atoms with van der Waals surface area (Å²) in [5.74, 6) is -0.228. The van der Waals surface area contributed by atoms with Gasteiger partial charge in [0.2, 0.25) is 0 Å². The molecule has 2 aromatic heterocycles. The molecule has 0 bridgehead atoms. The highest BCUT2D eigenvalue weighted by Crippen LogP contribution is 2.32. The minimum atomic E-state index is -0.773. The number of ketones is 1. The Balaban J connectivity index is 2.36. The molecule has 0 aromatic carbocycles. The van der Waals surface area contributed by atoms with Crippen molar-refractivity contribution in [2.24, 2.45) is 0 Å². The fourth-order valence-corrected chi connectivity index (χ4v) is 4.90. The predicted octanol–water partition coefficient (Wildman–Crippen LogP) is 3.99. The minimum Gasteiger partial charge on any atom is -0.339 e. The smallest absolute Gasteiger partial charge is 0.333 e. The van der Waals surface area contributed by atoms with Crippen LogP contribution >= 0.6 is 59.1 Å². The Morgan fingerprint density at radius 1 is 1.33 bits per heavy atom. The normalized spacial score (nSPS) is 10.6. The van der Waals surface area contributed by atoms with E-state index in [1.165, 1.54) is 22.1 Å². The average Bonchev–Trinajstić information content (AvgIpc) is 2.72. The molecule has 0 aliphatic heterocycles. The van der Waals surface area contributed by atoms with E-state index in [-0.39, 0.29) is 16.8 Å². The number of rotatable bonds is 4. The molecular formula is C11H5Br3N2O4S. The molecule has 0 saturated heterocycles. The molecule has 21 heavy (non-hydrogen) atoms. The minimum absolute atomic E-state index is 0.0371. The summed E-state index contributed by atoms with van der Waals surface area (Å²) >= 11 is 10.9. The maximum Gasteiger partial charge on any atom is 0.333 e. The van der Waals surface area contributed by atoms with Crippen molar-refractivity contribution in [3.63, 3.8) is 0 Å². The van der Waals surface area contributed by atoms with E-state index in [4.69, 9.17) is 0 Å². The Kier molecular flexibility index (Phi) is 5.12. The van der Waals surface area contributed by atoms with Gasteiger partial charge < -0.3 is 4.57 Å². The number of nitrogens with zero attached hydrogens (tertiary/aromatic N) is 2. The number of aromatic nitrogens is 1. The van der Waals surface area contributed by atoms with Crippen LogP contribution in [0.15, 0.2) is 35.3 Å². The third kappa shape index (κ3) is 3.68. The standard InChI is InChI=1S/C11H5Br3N2O4S/c12-6-2-15(3-7(10(6)18)16(19)20)4-8(17)5-1-9(13)21-11(5)14/h1-3H,4H2. The highest BCUT2D eigenvalue weighted by molar-refractivity contribution is 9.12. The summed E-state index contributed by atoms with van der Waals surface area (Å²) in [5.41, 5.74) is -0.824. The lowest BCUT2D eigenvalue weighted by Crippen LogP contribution is -2.16. The molecule has 2 heterocycles. The molecule has 0 radical (unpaired) electrons. The molecule has 2 rings (SSSR count). The predicted molar refractivity (Wildman–Crippen MR) is 89.1 cm³/mol. The van der Waals surface area contributed by atoms with Crippen LogP contribution in [0.4, 0.5) is 5.69 Å². The number of nitro groups is 1. The van der Waals surface area contributed by atoms with Crippen molar-refractivity contribution < 1.29 is 9.72 Å². The fraction of sp³-hybridized carbons (Fsp3) is 0.0909. The molecule has 110 valence electrons. The molecule has 0 unspecified atom stereocenters. The lowest BCUT2D eigenvalue weighted by Gasteiger charge is -2.05. The largest absolute Gasteiger partial charge is 0.339 e. The monoisotopic (exact) mass is 498 g/mol.